The molecule has 6 N–H and O–H groups in total. The van der Waals surface area contributed by atoms with Crippen LogP contribution in [0.3, 0.4) is 0 Å². The number of nitrogens with two attached hydrogens (primary N) is 1. The molecule has 10 heteroatoms. The van der Waals surface area contributed by atoms with Gasteiger partial charge in [-0.2, -0.15) is 20.4 Å². The minimum absolute atomic E-state index is 0.575. The lowest BCUT2D eigenvalue weighted by molar-refractivity contribution is -0.934. The Hall–Kier alpha value is -4.28. The molecule has 0 aliphatic heterocycles. The van der Waals surface area contributed by atoms with E-state index in [2.05, 4.69) is 60.0 Å². The van der Waals surface area contributed by atoms with E-state index in [1.54, 1.807) is 0 Å². The summed E-state index contributed by atoms with van der Waals surface area (Å²) >= 11 is 0. The number of nitrogens with one attached hydrogen (secondary N) is 4. The monoisotopic (exact) mass is 467 g/mol. The molecular weight excluding hydrogens is 440 g/mol. The summed E-state index contributed by atoms with van der Waals surface area (Å²) in [4.78, 5) is 0. The van der Waals surface area contributed by atoms with Crippen LogP contribution in [0.5, 0.6) is 0 Å². The first kappa shape index (κ1) is 21.3. The summed E-state index contributed by atoms with van der Waals surface area (Å²) in [7, 11) is 2.23. The molecule has 6 aromatic rings. The van der Waals surface area contributed by atoms with Crippen LogP contribution in [0, 0.1) is 0 Å². The molecule has 4 heterocycles. The number of benzene rings is 2. The molecule has 0 aliphatic carbocycles. The van der Waals surface area contributed by atoms with Crippen LogP contribution in [0.1, 0.15) is 11.1 Å². The highest BCUT2D eigenvalue weighted by atomic mass is 15.3. The zero-order chi connectivity index (χ0) is 23.8. The summed E-state index contributed by atoms with van der Waals surface area (Å²) in [6.07, 6.45) is 7.56. The molecule has 0 fully saturated rings. The maximum Gasteiger partial charge on any atom is 0.108 e. The number of likely N-dealkylation sites (N-methyl/N-ethyl adjacent to an activating group) is 1. The Labute approximate surface area is 201 Å². The van der Waals surface area contributed by atoms with Gasteiger partial charge in [0.15, 0.2) is 0 Å². The van der Waals surface area contributed by atoms with E-state index in [0.29, 0.717) is 11.0 Å². The van der Waals surface area contributed by atoms with E-state index >= 15 is 0 Å². The van der Waals surface area contributed by atoms with Crippen LogP contribution in [0.25, 0.3) is 44.3 Å². The van der Waals surface area contributed by atoms with E-state index in [0.717, 1.165) is 75.1 Å². The van der Waals surface area contributed by atoms with Crippen LogP contribution in [-0.2, 0) is 13.1 Å². The minimum atomic E-state index is 0.575. The van der Waals surface area contributed by atoms with Crippen molar-refractivity contribution in [1.29, 1.82) is 0 Å². The highest BCUT2D eigenvalue weighted by molar-refractivity contribution is 5.94. The van der Waals surface area contributed by atoms with Gasteiger partial charge in [-0.1, -0.05) is 24.3 Å². The van der Waals surface area contributed by atoms with E-state index in [1.807, 2.05) is 49.1 Å². The molecule has 10 nitrogen and oxygen atoms in total. The van der Waals surface area contributed by atoms with Crippen molar-refractivity contribution in [1.82, 2.24) is 40.8 Å². The van der Waals surface area contributed by atoms with E-state index in [-0.39, 0.29) is 0 Å². The van der Waals surface area contributed by atoms with E-state index in [1.165, 1.54) is 0 Å². The van der Waals surface area contributed by atoms with Gasteiger partial charge in [0, 0.05) is 28.4 Å². The smallest absolute Gasteiger partial charge is 0.108 e. The zero-order valence-electron chi connectivity index (χ0n) is 19.4. The Morgan fingerprint density at radius 2 is 1.17 bits per heavy atom. The Kier molecular flexibility index (Phi) is 5.16. The van der Waals surface area contributed by atoms with Crippen molar-refractivity contribution < 1.29 is 4.48 Å². The predicted molar refractivity (Wildman–Crippen MR) is 135 cm³/mol. The van der Waals surface area contributed by atoms with Crippen LogP contribution in [0.2, 0.25) is 0 Å². The fraction of sp³-hybridized carbons (Fsp3) is 0.200. The lowest BCUT2D eigenvalue weighted by Crippen LogP contribution is -2.45. The second-order valence-electron chi connectivity index (χ2n) is 9.26. The van der Waals surface area contributed by atoms with Crippen LogP contribution < -0.4 is 5.73 Å². The van der Waals surface area contributed by atoms with Gasteiger partial charge in [0.1, 0.15) is 13.1 Å². The Morgan fingerprint density at radius 3 is 1.66 bits per heavy atom. The Balaban J connectivity index is 1.35. The number of aromatic amines is 4. The molecule has 0 aliphatic rings. The van der Waals surface area contributed by atoms with Crippen LogP contribution in [0.4, 0.5) is 0 Å². The molecule has 0 radical (unpaired) electrons. The second kappa shape index (κ2) is 8.49. The second-order valence-corrected chi connectivity index (χ2v) is 9.26. The molecule has 0 saturated carbocycles. The van der Waals surface area contributed by atoms with E-state index < -0.39 is 0 Å². The molecule has 0 amide bonds. The van der Waals surface area contributed by atoms with Gasteiger partial charge in [-0.05, 0) is 12.1 Å². The van der Waals surface area contributed by atoms with Crippen molar-refractivity contribution in [3.05, 3.63) is 72.3 Å². The first-order chi connectivity index (χ1) is 17.1. The summed E-state index contributed by atoms with van der Waals surface area (Å²) < 4.78 is 0.707. The Morgan fingerprint density at radius 1 is 0.686 bits per heavy atom. The fourth-order valence-corrected chi connectivity index (χ4v) is 5.05. The quantitative estimate of drug-likeness (QED) is 0.218. The first-order valence-electron chi connectivity index (χ1n) is 11.6. The molecule has 4 aromatic heterocycles. The molecule has 0 spiro atoms. The summed E-state index contributed by atoms with van der Waals surface area (Å²) in [6.45, 7) is 2.90. The fourth-order valence-electron chi connectivity index (χ4n) is 5.05. The van der Waals surface area contributed by atoms with Crippen molar-refractivity contribution in [3.8, 4) is 22.5 Å². The van der Waals surface area contributed by atoms with Crippen molar-refractivity contribution in [2.24, 2.45) is 5.73 Å². The highest BCUT2D eigenvalue weighted by Gasteiger charge is 2.28. The van der Waals surface area contributed by atoms with Crippen molar-refractivity contribution in [3.63, 3.8) is 0 Å². The lowest BCUT2D eigenvalue weighted by Gasteiger charge is -2.34. The number of aromatic nitrogens is 8. The third-order valence-corrected chi connectivity index (χ3v) is 6.72. The molecule has 176 valence electrons. The van der Waals surface area contributed by atoms with Gasteiger partial charge in [-0.15, -0.1) is 0 Å². The van der Waals surface area contributed by atoms with Crippen molar-refractivity contribution in [2.45, 2.75) is 13.1 Å². The van der Waals surface area contributed by atoms with Crippen molar-refractivity contribution >= 4 is 21.8 Å². The molecule has 0 bridgehead atoms. The number of rotatable bonds is 8. The number of hydrogen-bond acceptors (Lipinski definition) is 5. The molecule has 0 saturated heterocycles. The SMILES string of the molecule is C[N+](CCN)(Cc1cn[nH]c1-c1cccc2[nH]ncc12)Cc1cn[nH]c1-c1cccc2[nH]ncc12. The van der Waals surface area contributed by atoms with Crippen molar-refractivity contribution in [2.75, 3.05) is 20.1 Å². The zero-order valence-corrected chi connectivity index (χ0v) is 19.4. The summed E-state index contributed by atoms with van der Waals surface area (Å²) in [5.74, 6) is 0. The van der Waals surface area contributed by atoms with Gasteiger partial charge in [-0.3, -0.25) is 20.4 Å². The minimum Gasteiger partial charge on any atom is -0.326 e. The molecule has 0 atom stereocenters. The average molecular weight is 468 g/mol. The maximum absolute atomic E-state index is 6.10. The number of quaternary nitrogens is 1. The molecule has 35 heavy (non-hydrogen) atoms. The van der Waals surface area contributed by atoms with Gasteiger partial charge in [0.25, 0.3) is 0 Å². The van der Waals surface area contributed by atoms with Gasteiger partial charge in [-0.25, -0.2) is 0 Å². The predicted octanol–water partition coefficient (Wildman–Crippen LogP) is 3.32. The molecule has 6 rings (SSSR count). The topological polar surface area (TPSA) is 141 Å². The van der Waals surface area contributed by atoms with E-state index in [9.17, 15) is 0 Å². The summed E-state index contributed by atoms with van der Waals surface area (Å²) in [6, 6.07) is 12.3. The number of nitrogens with zero attached hydrogens (tertiary/aromatic N) is 5. The van der Waals surface area contributed by atoms with Crippen LogP contribution in [-0.4, -0.2) is 65.4 Å². The van der Waals surface area contributed by atoms with Gasteiger partial charge < -0.3 is 10.2 Å². The molecular formula is C25H27N10+. The number of H-pyrrole nitrogens is 4. The standard InChI is InChI=1S/C25H27N10/c1-35(9-8-26,14-16-10-27-33-24(16)18-4-2-6-22-20(18)12-29-31-22)15-17-11-28-34-25(17)19-5-3-7-23-21(19)13-30-32-23/h2-7,10-13H,8-9,14-15,26H2,1H3,(H,27,33)(H,28,34)(H,29,31)(H,30,32)/q+1. The number of fused-ring (bicyclic) bond motifs is 2. The summed E-state index contributed by atoms with van der Waals surface area (Å²) in [5, 5.41) is 31.9. The first-order valence-corrected chi connectivity index (χ1v) is 11.6. The Bertz CT molecular complexity index is 1490. The normalized spacial score (nSPS) is 12.2. The van der Waals surface area contributed by atoms with Crippen LogP contribution >= 0.6 is 0 Å². The lowest BCUT2D eigenvalue weighted by atomic mass is 10.0. The third-order valence-electron chi connectivity index (χ3n) is 6.72. The van der Waals surface area contributed by atoms with E-state index in [4.69, 9.17) is 5.73 Å². The highest BCUT2D eigenvalue weighted by Crippen LogP contribution is 2.33. The average Bonchev–Trinajstić information content (AvgIpc) is 3.65. The summed E-state index contributed by atoms with van der Waals surface area (Å²) in [5.41, 5.74) is 14.6. The third kappa shape index (κ3) is 3.78. The largest absolute Gasteiger partial charge is 0.326 e. The van der Waals surface area contributed by atoms with Crippen LogP contribution in [0.15, 0.2) is 61.2 Å². The van der Waals surface area contributed by atoms with Gasteiger partial charge in [0.05, 0.1) is 71.9 Å². The number of hydrogen-bond donors (Lipinski definition) is 5. The molecule has 0 unspecified atom stereocenters. The van der Waals surface area contributed by atoms with Gasteiger partial charge >= 0.3 is 0 Å². The van der Waals surface area contributed by atoms with Gasteiger partial charge in [0.2, 0.25) is 0 Å². The molecule has 2 aromatic carbocycles. The maximum atomic E-state index is 6.10.